The van der Waals surface area contributed by atoms with E-state index in [9.17, 15) is 19.1 Å². The van der Waals surface area contributed by atoms with Gasteiger partial charge in [-0.3, -0.25) is 9.78 Å². The molecule has 8 nitrogen and oxygen atoms in total. The smallest absolute Gasteiger partial charge is 0.348 e. The van der Waals surface area contributed by atoms with E-state index in [1.54, 1.807) is 80.6 Å². The highest BCUT2D eigenvalue weighted by Gasteiger charge is 2.50. The van der Waals surface area contributed by atoms with E-state index in [-0.39, 0.29) is 11.6 Å². The Morgan fingerprint density at radius 3 is 1.97 bits per heavy atom. The number of carboxylic acids is 1. The van der Waals surface area contributed by atoms with Crippen molar-refractivity contribution < 1.29 is 23.8 Å². The van der Waals surface area contributed by atoms with Crippen LogP contribution >= 0.6 is 0 Å². The SMILES string of the molecule is Cc1cc(C)nc(OC(C(=O)O)C(NC(=O)c2cncc(F)c2)(c2ccccc2)c2ccccc2)n1. The highest BCUT2D eigenvalue weighted by molar-refractivity contribution is 5.95. The highest BCUT2D eigenvalue weighted by Crippen LogP contribution is 2.36. The Kier molecular flexibility index (Phi) is 7.00. The maximum atomic E-state index is 13.9. The molecule has 4 rings (SSSR count). The van der Waals surface area contributed by atoms with Gasteiger partial charge in [-0.05, 0) is 37.1 Å². The number of aromatic nitrogens is 3. The molecule has 9 heteroatoms. The molecule has 0 bridgehead atoms. The number of carbonyl (C=O) groups excluding carboxylic acids is 1. The molecule has 0 aliphatic heterocycles. The van der Waals surface area contributed by atoms with E-state index >= 15 is 0 Å². The Bertz CT molecular complexity index is 1320. The molecule has 2 heterocycles. The summed E-state index contributed by atoms with van der Waals surface area (Å²) in [5, 5.41) is 13.3. The average Bonchev–Trinajstić information content (AvgIpc) is 2.86. The minimum atomic E-state index is -1.77. The zero-order chi connectivity index (χ0) is 25.7. The summed E-state index contributed by atoms with van der Waals surface area (Å²) in [6.45, 7) is 3.47. The largest absolute Gasteiger partial charge is 0.478 e. The van der Waals surface area contributed by atoms with Crippen LogP contribution in [0.15, 0.2) is 85.2 Å². The van der Waals surface area contributed by atoms with E-state index in [0.29, 0.717) is 22.5 Å². The van der Waals surface area contributed by atoms with Crippen molar-refractivity contribution in [2.45, 2.75) is 25.5 Å². The lowest BCUT2D eigenvalue weighted by molar-refractivity contribution is -0.148. The predicted molar refractivity (Wildman–Crippen MR) is 129 cm³/mol. The van der Waals surface area contributed by atoms with E-state index in [0.717, 1.165) is 12.3 Å². The fraction of sp³-hybridized carbons (Fsp3) is 0.148. The van der Waals surface area contributed by atoms with Crippen LogP contribution in [0, 0.1) is 19.7 Å². The maximum Gasteiger partial charge on any atom is 0.348 e. The number of carbonyl (C=O) groups is 2. The molecule has 0 saturated heterocycles. The second kappa shape index (κ2) is 10.3. The van der Waals surface area contributed by atoms with Crippen LogP contribution in [-0.2, 0) is 10.3 Å². The Hall–Kier alpha value is -4.66. The van der Waals surface area contributed by atoms with Gasteiger partial charge in [0.2, 0.25) is 6.10 Å². The molecule has 0 aliphatic rings. The van der Waals surface area contributed by atoms with Crippen LogP contribution in [0.4, 0.5) is 4.39 Å². The number of benzene rings is 2. The molecule has 2 N–H and O–H groups in total. The Labute approximate surface area is 206 Å². The predicted octanol–water partition coefficient (Wildman–Crippen LogP) is 3.83. The van der Waals surface area contributed by atoms with Gasteiger partial charge in [0, 0.05) is 17.6 Å². The van der Waals surface area contributed by atoms with Gasteiger partial charge in [-0.2, -0.15) is 0 Å². The van der Waals surface area contributed by atoms with E-state index in [4.69, 9.17) is 4.74 Å². The lowest BCUT2D eigenvalue weighted by atomic mass is 9.77. The Morgan fingerprint density at radius 2 is 1.47 bits per heavy atom. The van der Waals surface area contributed by atoms with Crippen molar-refractivity contribution >= 4 is 11.9 Å². The number of aryl methyl sites for hydroxylation is 2. The van der Waals surface area contributed by atoms with Crippen LogP contribution in [0.1, 0.15) is 32.9 Å². The van der Waals surface area contributed by atoms with Crippen LogP contribution < -0.4 is 10.1 Å². The van der Waals surface area contributed by atoms with Crippen LogP contribution in [0.25, 0.3) is 0 Å². The molecule has 0 aliphatic carbocycles. The molecule has 1 atom stereocenters. The summed E-state index contributed by atoms with van der Waals surface area (Å²) >= 11 is 0. The molecule has 2 aromatic carbocycles. The number of pyridine rings is 1. The minimum absolute atomic E-state index is 0.0852. The van der Waals surface area contributed by atoms with E-state index in [1.165, 1.54) is 6.20 Å². The number of rotatable bonds is 8. The molecular weight excluding hydrogens is 463 g/mol. The number of hydrogen-bond donors (Lipinski definition) is 2. The summed E-state index contributed by atoms with van der Waals surface area (Å²) in [5.41, 5.74) is 0.163. The number of halogens is 1. The zero-order valence-electron chi connectivity index (χ0n) is 19.6. The average molecular weight is 487 g/mol. The highest BCUT2D eigenvalue weighted by atomic mass is 19.1. The molecule has 0 saturated carbocycles. The van der Waals surface area contributed by atoms with Crippen molar-refractivity contribution in [3.63, 3.8) is 0 Å². The second-order valence-electron chi connectivity index (χ2n) is 8.16. The first-order chi connectivity index (χ1) is 17.3. The van der Waals surface area contributed by atoms with Gasteiger partial charge in [-0.25, -0.2) is 19.2 Å². The number of aliphatic carboxylic acids is 1. The molecule has 2 aromatic heterocycles. The summed E-state index contributed by atoms with van der Waals surface area (Å²) in [6.07, 6.45) is 0.455. The van der Waals surface area contributed by atoms with E-state index in [2.05, 4.69) is 20.3 Å². The number of ether oxygens (including phenoxy) is 1. The van der Waals surface area contributed by atoms with Crippen molar-refractivity contribution in [3.05, 3.63) is 119 Å². The van der Waals surface area contributed by atoms with Crippen molar-refractivity contribution in [2.75, 3.05) is 0 Å². The third-order valence-electron chi connectivity index (χ3n) is 5.54. The number of hydrogen-bond acceptors (Lipinski definition) is 6. The number of carboxylic acid groups (broad SMARTS) is 1. The van der Waals surface area contributed by atoms with Crippen molar-refractivity contribution in [1.29, 1.82) is 0 Å². The third-order valence-corrected chi connectivity index (χ3v) is 5.54. The van der Waals surface area contributed by atoms with Gasteiger partial charge in [-0.15, -0.1) is 0 Å². The van der Waals surface area contributed by atoms with Gasteiger partial charge in [0.05, 0.1) is 11.8 Å². The van der Waals surface area contributed by atoms with E-state index < -0.39 is 29.3 Å². The number of nitrogens with zero attached hydrogens (tertiary/aromatic N) is 3. The molecule has 182 valence electrons. The molecule has 0 spiro atoms. The molecular formula is C27H23FN4O4. The number of amides is 1. The fourth-order valence-corrected chi connectivity index (χ4v) is 4.04. The summed E-state index contributed by atoms with van der Waals surface area (Å²) in [4.78, 5) is 38.5. The first-order valence-corrected chi connectivity index (χ1v) is 11.1. The standard InChI is InChI=1S/C27H23FN4O4/c1-17-13-18(2)31-26(30-17)36-23(25(34)35)27(20-9-5-3-6-10-20,21-11-7-4-8-12-21)32-24(33)19-14-22(28)16-29-15-19/h3-16,23H,1-2H3,(H,32,33)(H,34,35). The van der Waals surface area contributed by atoms with Gasteiger partial charge in [0.1, 0.15) is 11.4 Å². The first-order valence-electron chi connectivity index (χ1n) is 11.1. The molecule has 0 fully saturated rings. The second-order valence-corrected chi connectivity index (χ2v) is 8.16. The summed E-state index contributed by atoms with van der Waals surface area (Å²) in [7, 11) is 0. The normalized spacial score (nSPS) is 12.0. The van der Waals surface area contributed by atoms with Crippen LogP contribution in [0.2, 0.25) is 0 Å². The van der Waals surface area contributed by atoms with E-state index in [1.807, 2.05) is 0 Å². The zero-order valence-corrected chi connectivity index (χ0v) is 19.6. The fourth-order valence-electron chi connectivity index (χ4n) is 4.04. The van der Waals surface area contributed by atoms with Gasteiger partial charge in [-0.1, -0.05) is 60.7 Å². The lowest BCUT2D eigenvalue weighted by Crippen LogP contribution is -2.60. The van der Waals surface area contributed by atoms with Crippen LogP contribution in [0.5, 0.6) is 6.01 Å². The minimum Gasteiger partial charge on any atom is -0.478 e. The van der Waals surface area contributed by atoms with Gasteiger partial charge in [0.25, 0.3) is 5.91 Å². The van der Waals surface area contributed by atoms with Crippen molar-refractivity contribution in [2.24, 2.45) is 0 Å². The van der Waals surface area contributed by atoms with Crippen molar-refractivity contribution in [1.82, 2.24) is 20.3 Å². The van der Waals surface area contributed by atoms with Crippen LogP contribution in [-0.4, -0.2) is 38.0 Å². The summed E-state index contributed by atoms with van der Waals surface area (Å²) < 4.78 is 19.8. The maximum absolute atomic E-state index is 13.9. The first kappa shape index (κ1) is 24.5. The summed E-state index contributed by atoms with van der Waals surface area (Å²) in [6, 6.07) is 19.7. The molecule has 1 unspecified atom stereocenters. The van der Waals surface area contributed by atoms with Gasteiger partial charge in [0.15, 0.2) is 0 Å². The third kappa shape index (κ3) is 5.05. The lowest BCUT2D eigenvalue weighted by Gasteiger charge is -2.39. The molecule has 1 amide bonds. The molecule has 0 radical (unpaired) electrons. The molecule has 36 heavy (non-hydrogen) atoms. The quantitative estimate of drug-likeness (QED) is 0.389. The van der Waals surface area contributed by atoms with Crippen LogP contribution in [0.3, 0.4) is 0 Å². The van der Waals surface area contributed by atoms with Crippen molar-refractivity contribution in [3.8, 4) is 6.01 Å². The summed E-state index contributed by atoms with van der Waals surface area (Å²) in [5.74, 6) is -2.82. The van der Waals surface area contributed by atoms with Gasteiger partial charge >= 0.3 is 12.0 Å². The topological polar surface area (TPSA) is 114 Å². The van der Waals surface area contributed by atoms with Gasteiger partial charge < -0.3 is 15.2 Å². The monoisotopic (exact) mass is 486 g/mol. The Balaban J connectivity index is 1.95. The number of nitrogens with one attached hydrogen (secondary N) is 1. The molecule has 4 aromatic rings. The Morgan fingerprint density at radius 1 is 0.917 bits per heavy atom.